The zero-order chi connectivity index (χ0) is 19.2. The minimum atomic E-state index is -3.06. The Labute approximate surface area is 157 Å². The highest BCUT2D eigenvalue weighted by atomic mass is 32.2. The monoisotopic (exact) mass is 391 g/mol. The molecule has 8 heteroatoms. The second kappa shape index (κ2) is 6.74. The molecule has 1 amide bonds. The van der Waals surface area contributed by atoms with Crippen molar-refractivity contribution in [2.24, 2.45) is 5.92 Å². The number of pyridine rings is 1. The van der Waals surface area contributed by atoms with Gasteiger partial charge in [-0.1, -0.05) is 0 Å². The first-order valence-electron chi connectivity index (χ1n) is 9.17. The highest BCUT2D eigenvalue weighted by molar-refractivity contribution is 7.91. The average molecular weight is 391 g/mol. The number of piperidine rings is 1. The molecule has 0 bridgehead atoms. The van der Waals surface area contributed by atoms with Gasteiger partial charge in [-0.3, -0.25) is 9.78 Å². The van der Waals surface area contributed by atoms with Crippen LogP contribution in [-0.4, -0.2) is 48.8 Å². The number of hydrogen-bond donors (Lipinski definition) is 1. The fraction of sp³-hybridized carbons (Fsp3) is 0.474. The Kier molecular flexibility index (Phi) is 4.53. The van der Waals surface area contributed by atoms with Crippen LogP contribution in [0.15, 0.2) is 24.3 Å². The Balaban J connectivity index is 1.46. The van der Waals surface area contributed by atoms with Gasteiger partial charge in [0.05, 0.1) is 34.3 Å². The summed E-state index contributed by atoms with van der Waals surface area (Å²) in [6.45, 7) is 1.14. The van der Waals surface area contributed by atoms with Gasteiger partial charge in [0.2, 0.25) is 5.91 Å². The van der Waals surface area contributed by atoms with Crippen LogP contribution < -0.4 is 5.73 Å². The van der Waals surface area contributed by atoms with Gasteiger partial charge in [0, 0.05) is 24.4 Å². The third kappa shape index (κ3) is 3.63. The van der Waals surface area contributed by atoms with Gasteiger partial charge in [-0.2, -0.15) is 0 Å². The summed E-state index contributed by atoms with van der Waals surface area (Å²) < 4.78 is 36.6. The number of anilines is 1. The molecule has 0 aliphatic carbocycles. The molecular formula is C19H22FN3O3S. The molecule has 2 fully saturated rings. The Morgan fingerprint density at radius 2 is 1.93 bits per heavy atom. The number of nitrogen functional groups attached to an aromatic ring is 1. The molecule has 2 aliphatic heterocycles. The second-order valence-corrected chi connectivity index (χ2v) is 9.73. The van der Waals surface area contributed by atoms with Crippen molar-refractivity contribution in [1.82, 2.24) is 9.88 Å². The van der Waals surface area contributed by atoms with E-state index in [1.54, 1.807) is 17.0 Å². The van der Waals surface area contributed by atoms with Crippen LogP contribution in [0.4, 0.5) is 10.1 Å². The summed E-state index contributed by atoms with van der Waals surface area (Å²) >= 11 is 0. The van der Waals surface area contributed by atoms with Crippen LogP contribution in [0.1, 0.15) is 30.9 Å². The molecule has 2 saturated heterocycles. The summed E-state index contributed by atoms with van der Waals surface area (Å²) in [5.41, 5.74) is 8.20. The lowest BCUT2D eigenvalue weighted by Crippen LogP contribution is -2.41. The zero-order valence-electron chi connectivity index (χ0n) is 14.9. The summed E-state index contributed by atoms with van der Waals surface area (Å²) in [6.07, 6.45) is 1.89. The van der Waals surface area contributed by atoms with E-state index in [-0.39, 0.29) is 29.1 Å². The predicted molar refractivity (Wildman–Crippen MR) is 101 cm³/mol. The summed E-state index contributed by atoms with van der Waals surface area (Å²) in [6, 6.07) is 6.19. The van der Waals surface area contributed by atoms with E-state index in [0.29, 0.717) is 36.1 Å². The van der Waals surface area contributed by atoms with Crippen molar-refractivity contribution in [1.29, 1.82) is 0 Å². The van der Waals surface area contributed by atoms with Crippen molar-refractivity contribution in [2.75, 3.05) is 30.3 Å². The lowest BCUT2D eigenvalue weighted by atomic mass is 9.91. The minimum Gasteiger partial charge on any atom is -0.397 e. The summed E-state index contributed by atoms with van der Waals surface area (Å²) in [5.74, 6) is -0.553. The Bertz CT molecular complexity index is 1000. The normalized spacial score (nSPS) is 23.0. The maximum absolute atomic E-state index is 13.4. The molecule has 1 aromatic heterocycles. The summed E-state index contributed by atoms with van der Waals surface area (Å²) in [4.78, 5) is 19.0. The number of fused-ring (bicyclic) bond motifs is 1. The number of rotatable bonds is 2. The van der Waals surface area contributed by atoms with Crippen molar-refractivity contribution in [3.05, 3.63) is 35.8 Å². The van der Waals surface area contributed by atoms with Gasteiger partial charge in [0.15, 0.2) is 9.84 Å². The molecule has 3 heterocycles. The molecule has 1 aromatic carbocycles. The number of carbonyl (C=O) groups excluding carboxylic acids is 1. The van der Waals surface area contributed by atoms with Gasteiger partial charge in [0.25, 0.3) is 0 Å². The minimum absolute atomic E-state index is 0.0263. The van der Waals surface area contributed by atoms with Gasteiger partial charge in [-0.05, 0) is 43.5 Å². The number of amides is 1. The van der Waals surface area contributed by atoms with Crippen LogP contribution in [-0.2, 0) is 14.6 Å². The van der Waals surface area contributed by atoms with Crippen LogP contribution in [0.3, 0.4) is 0 Å². The number of hydrogen-bond acceptors (Lipinski definition) is 5. The molecule has 2 aromatic rings. The Hall–Kier alpha value is -2.22. The number of aromatic nitrogens is 1. The third-order valence-corrected chi connectivity index (χ3v) is 7.38. The van der Waals surface area contributed by atoms with Crippen LogP contribution in [0.25, 0.3) is 10.9 Å². The number of benzene rings is 1. The zero-order valence-corrected chi connectivity index (χ0v) is 15.7. The van der Waals surface area contributed by atoms with E-state index in [1.165, 1.54) is 12.1 Å². The SMILES string of the molecule is Nc1cc2cc(F)ccc2nc1C1CCN(C(=O)C2CCS(=O)(=O)C2)CC1. The van der Waals surface area contributed by atoms with Crippen LogP contribution in [0, 0.1) is 11.7 Å². The van der Waals surface area contributed by atoms with Gasteiger partial charge >= 0.3 is 0 Å². The van der Waals surface area contributed by atoms with Crippen LogP contribution in [0.5, 0.6) is 0 Å². The first-order chi connectivity index (χ1) is 12.8. The fourth-order valence-electron chi connectivity index (χ4n) is 4.13. The summed E-state index contributed by atoms with van der Waals surface area (Å²) in [5, 5.41) is 0.673. The number of nitrogens with zero attached hydrogens (tertiary/aromatic N) is 2. The lowest BCUT2D eigenvalue weighted by molar-refractivity contribution is -0.135. The molecule has 0 radical (unpaired) electrons. The molecule has 1 atom stereocenters. The molecule has 2 aliphatic rings. The first kappa shape index (κ1) is 18.2. The second-order valence-electron chi connectivity index (χ2n) is 7.50. The Morgan fingerprint density at radius 3 is 2.59 bits per heavy atom. The molecule has 0 saturated carbocycles. The van der Waals surface area contributed by atoms with E-state index in [1.807, 2.05) is 0 Å². The number of halogens is 1. The molecule has 2 N–H and O–H groups in total. The van der Waals surface area contributed by atoms with Crippen LogP contribution in [0.2, 0.25) is 0 Å². The number of likely N-dealkylation sites (tertiary alicyclic amines) is 1. The van der Waals surface area contributed by atoms with Crippen molar-refractivity contribution in [2.45, 2.75) is 25.2 Å². The van der Waals surface area contributed by atoms with Crippen molar-refractivity contribution < 1.29 is 17.6 Å². The fourth-order valence-corrected chi connectivity index (χ4v) is 5.86. The van der Waals surface area contributed by atoms with Crippen molar-refractivity contribution >= 4 is 32.3 Å². The molecule has 27 heavy (non-hydrogen) atoms. The predicted octanol–water partition coefficient (Wildman–Crippen LogP) is 2.10. The number of sulfone groups is 1. The van der Waals surface area contributed by atoms with Gasteiger partial charge in [-0.25, -0.2) is 12.8 Å². The topological polar surface area (TPSA) is 93.4 Å². The van der Waals surface area contributed by atoms with E-state index >= 15 is 0 Å². The highest BCUT2D eigenvalue weighted by Gasteiger charge is 2.36. The molecular weight excluding hydrogens is 369 g/mol. The molecule has 1 unspecified atom stereocenters. The molecule has 6 nitrogen and oxygen atoms in total. The first-order valence-corrected chi connectivity index (χ1v) is 11.0. The van der Waals surface area contributed by atoms with Crippen molar-refractivity contribution in [3.63, 3.8) is 0 Å². The Morgan fingerprint density at radius 1 is 1.19 bits per heavy atom. The molecule has 4 rings (SSSR count). The van der Waals surface area contributed by atoms with E-state index in [9.17, 15) is 17.6 Å². The van der Waals surface area contributed by atoms with Gasteiger partial charge in [-0.15, -0.1) is 0 Å². The maximum Gasteiger partial charge on any atom is 0.226 e. The quantitative estimate of drug-likeness (QED) is 0.846. The smallest absolute Gasteiger partial charge is 0.226 e. The number of carbonyl (C=O) groups is 1. The van der Waals surface area contributed by atoms with Gasteiger partial charge in [0.1, 0.15) is 5.82 Å². The standard InChI is InChI=1S/C19H22FN3O3S/c20-15-1-2-17-14(9-15)10-16(21)18(22-17)12-3-6-23(7-4-12)19(24)13-5-8-27(25,26)11-13/h1-2,9-10,12-13H,3-8,11,21H2. The maximum atomic E-state index is 13.4. The highest BCUT2D eigenvalue weighted by Crippen LogP contribution is 2.33. The largest absolute Gasteiger partial charge is 0.397 e. The molecule has 144 valence electrons. The lowest BCUT2D eigenvalue weighted by Gasteiger charge is -2.33. The van der Waals surface area contributed by atoms with E-state index in [0.717, 1.165) is 18.5 Å². The third-order valence-electron chi connectivity index (χ3n) is 5.61. The van der Waals surface area contributed by atoms with Crippen LogP contribution >= 0.6 is 0 Å². The van der Waals surface area contributed by atoms with Gasteiger partial charge < -0.3 is 10.6 Å². The van der Waals surface area contributed by atoms with E-state index in [2.05, 4.69) is 4.98 Å². The van der Waals surface area contributed by atoms with E-state index in [4.69, 9.17) is 5.73 Å². The number of nitrogens with two attached hydrogens (primary N) is 1. The summed E-state index contributed by atoms with van der Waals surface area (Å²) in [7, 11) is -3.06. The van der Waals surface area contributed by atoms with E-state index < -0.39 is 15.8 Å². The van der Waals surface area contributed by atoms with Crippen molar-refractivity contribution in [3.8, 4) is 0 Å². The average Bonchev–Trinajstić information content (AvgIpc) is 3.00. The molecule has 0 spiro atoms.